The first-order chi connectivity index (χ1) is 14.7. The molecule has 2 amide bonds. The second-order valence-corrected chi connectivity index (χ2v) is 8.44. The second kappa shape index (κ2) is 7.85. The Labute approximate surface area is 176 Å². The molecule has 6 nitrogen and oxygen atoms in total. The molecular weight excluding hydrogens is 378 g/mol. The summed E-state index contributed by atoms with van der Waals surface area (Å²) in [6.45, 7) is 2.26. The van der Waals surface area contributed by atoms with Crippen molar-refractivity contribution in [2.75, 3.05) is 36.5 Å². The van der Waals surface area contributed by atoms with E-state index in [4.69, 9.17) is 4.74 Å². The Morgan fingerprint density at radius 1 is 1.07 bits per heavy atom. The van der Waals surface area contributed by atoms with Gasteiger partial charge < -0.3 is 10.1 Å². The number of amides is 2. The summed E-state index contributed by atoms with van der Waals surface area (Å²) in [5.74, 6) is -0.0518. The molecule has 2 fully saturated rings. The Bertz CT molecular complexity index is 940. The predicted molar refractivity (Wildman–Crippen MR) is 115 cm³/mol. The van der Waals surface area contributed by atoms with Crippen LogP contribution in [0.25, 0.3) is 0 Å². The van der Waals surface area contributed by atoms with Crippen LogP contribution >= 0.6 is 0 Å². The Kier molecular flexibility index (Phi) is 5.05. The molecule has 1 aliphatic carbocycles. The molecule has 1 N–H and O–H groups in total. The molecule has 3 aliphatic rings. The third-order valence-electron chi connectivity index (χ3n) is 6.60. The van der Waals surface area contributed by atoms with Gasteiger partial charge in [-0.1, -0.05) is 55.3 Å². The Balaban J connectivity index is 1.39. The van der Waals surface area contributed by atoms with Crippen LogP contribution in [0.1, 0.15) is 37.4 Å². The number of para-hydroxylation sites is 2. The Morgan fingerprint density at radius 3 is 2.60 bits per heavy atom. The van der Waals surface area contributed by atoms with Crippen LogP contribution in [0.5, 0.6) is 0 Å². The van der Waals surface area contributed by atoms with Gasteiger partial charge in [-0.05, 0) is 30.5 Å². The van der Waals surface area contributed by atoms with Gasteiger partial charge in [-0.3, -0.25) is 19.4 Å². The van der Waals surface area contributed by atoms with Gasteiger partial charge in [0.25, 0.3) is 5.91 Å². The minimum Gasteiger partial charge on any atom is -0.371 e. The molecule has 2 aromatic carbocycles. The highest BCUT2D eigenvalue weighted by Gasteiger charge is 2.52. The average molecular weight is 405 g/mol. The minimum absolute atomic E-state index is 0.00656. The van der Waals surface area contributed by atoms with Crippen LogP contribution in [-0.2, 0) is 14.3 Å². The maximum Gasteiger partial charge on any atom is 0.250 e. The van der Waals surface area contributed by atoms with E-state index < -0.39 is 5.54 Å². The first-order valence-electron chi connectivity index (χ1n) is 10.8. The van der Waals surface area contributed by atoms with Crippen LogP contribution in [0.2, 0.25) is 0 Å². The summed E-state index contributed by atoms with van der Waals surface area (Å²) in [5, 5.41) is 3.04. The standard InChI is InChI=1S/C24H27N3O3/c28-22(17-26-14-15-30-21(16-26)18-8-2-1-3-9-18)27-20-11-5-4-10-19(20)25-23(29)24(27)12-6-7-13-24/h1-5,8-11,21H,6-7,12-17H2,(H,25,29)/t21-/m1/s1. The van der Waals surface area contributed by atoms with E-state index in [0.717, 1.165) is 29.8 Å². The van der Waals surface area contributed by atoms with E-state index in [0.29, 0.717) is 32.5 Å². The lowest BCUT2D eigenvalue weighted by Gasteiger charge is -2.45. The van der Waals surface area contributed by atoms with Gasteiger partial charge in [0.05, 0.1) is 30.6 Å². The molecule has 0 aromatic heterocycles. The van der Waals surface area contributed by atoms with Crippen molar-refractivity contribution in [3.05, 3.63) is 60.2 Å². The molecule has 1 saturated carbocycles. The van der Waals surface area contributed by atoms with Crippen LogP contribution in [0, 0.1) is 0 Å². The number of morpholine rings is 1. The highest BCUT2D eigenvalue weighted by Crippen LogP contribution is 2.45. The number of hydrogen-bond acceptors (Lipinski definition) is 4. The van der Waals surface area contributed by atoms with Gasteiger partial charge in [0, 0.05) is 13.1 Å². The van der Waals surface area contributed by atoms with Crippen LogP contribution in [0.4, 0.5) is 11.4 Å². The summed E-state index contributed by atoms with van der Waals surface area (Å²) < 4.78 is 5.96. The van der Waals surface area contributed by atoms with Crippen molar-refractivity contribution in [2.45, 2.75) is 37.3 Å². The molecule has 0 unspecified atom stereocenters. The molecule has 1 spiro atoms. The van der Waals surface area contributed by atoms with Crippen LogP contribution in [-0.4, -0.2) is 48.5 Å². The lowest BCUT2D eigenvalue weighted by Crippen LogP contribution is -2.62. The lowest BCUT2D eigenvalue weighted by atomic mass is 9.89. The van der Waals surface area contributed by atoms with E-state index in [1.807, 2.05) is 42.5 Å². The van der Waals surface area contributed by atoms with Gasteiger partial charge in [-0.25, -0.2) is 0 Å². The van der Waals surface area contributed by atoms with Crippen molar-refractivity contribution in [1.82, 2.24) is 4.90 Å². The maximum atomic E-state index is 13.6. The number of carbonyl (C=O) groups excluding carboxylic acids is 2. The normalized spacial score (nSPS) is 23.3. The van der Waals surface area contributed by atoms with Crippen molar-refractivity contribution >= 4 is 23.2 Å². The minimum atomic E-state index is -0.753. The number of nitrogens with one attached hydrogen (secondary N) is 1. The van der Waals surface area contributed by atoms with E-state index in [9.17, 15) is 9.59 Å². The van der Waals surface area contributed by atoms with E-state index >= 15 is 0 Å². The molecule has 156 valence electrons. The van der Waals surface area contributed by atoms with E-state index in [-0.39, 0.29) is 24.5 Å². The zero-order valence-electron chi connectivity index (χ0n) is 17.0. The molecule has 2 aliphatic heterocycles. The molecule has 5 rings (SSSR count). The first-order valence-corrected chi connectivity index (χ1v) is 10.8. The second-order valence-electron chi connectivity index (χ2n) is 8.44. The Morgan fingerprint density at radius 2 is 1.80 bits per heavy atom. The molecule has 0 radical (unpaired) electrons. The highest BCUT2D eigenvalue weighted by atomic mass is 16.5. The first kappa shape index (κ1) is 19.3. The fourth-order valence-electron chi connectivity index (χ4n) is 5.11. The van der Waals surface area contributed by atoms with Crippen molar-refractivity contribution < 1.29 is 14.3 Å². The number of anilines is 2. The summed E-state index contributed by atoms with van der Waals surface area (Å²) in [5.41, 5.74) is 1.91. The van der Waals surface area contributed by atoms with E-state index in [1.54, 1.807) is 4.90 Å². The fraction of sp³-hybridized carbons (Fsp3) is 0.417. The molecule has 2 heterocycles. The van der Waals surface area contributed by atoms with Crippen molar-refractivity contribution in [1.29, 1.82) is 0 Å². The average Bonchev–Trinajstić information content (AvgIpc) is 3.26. The van der Waals surface area contributed by atoms with Crippen molar-refractivity contribution in [3.8, 4) is 0 Å². The smallest absolute Gasteiger partial charge is 0.250 e. The monoisotopic (exact) mass is 405 g/mol. The van der Waals surface area contributed by atoms with Gasteiger partial charge in [-0.2, -0.15) is 0 Å². The third kappa shape index (κ3) is 3.30. The number of ether oxygens (including phenoxy) is 1. The maximum absolute atomic E-state index is 13.6. The predicted octanol–water partition coefficient (Wildman–Crippen LogP) is 3.36. The zero-order chi connectivity index (χ0) is 20.6. The summed E-state index contributed by atoms with van der Waals surface area (Å²) >= 11 is 0. The molecule has 30 heavy (non-hydrogen) atoms. The number of rotatable bonds is 3. The number of fused-ring (bicyclic) bond motifs is 1. The lowest BCUT2D eigenvalue weighted by molar-refractivity contribution is -0.129. The van der Waals surface area contributed by atoms with Gasteiger partial charge in [0.15, 0.2) is 0 Å². The summed E-state index contributed by atoms with van der Waals surface area (Å²) in [7, 11) is 0. The summed E-state index contributed by atoms with van der Waals surface area (Å²) in [6, 6.07) is 17.8. The molecule has 0 bridgehead atoms. The largest absolute Gasteiger partial charge is 0.371 e. The Hall–Kier alpha value is -2.70. The summed E-state index contributed by atoms with van der Waals surface area (Å²) in [4.78, 5) is 30.7. The fourth-order valence-corrected chi connectivity index (χ4v) is 5.11. The van der Waals surface area contributed by atoms with Crippen LogP contribution in [0.3, 0.4) is 0 Å². The highest BCUT2D eigenvalue weighted by molar-refractivity contribution is 6.15. The van der Waals surface area contributed by atoms with Crippen molar-refractivity contribution in [3.63, 3.8) is 0 Å². The number of hydrogen-bond donors (Lipinski definition) is 1. The van der Waals surface area contributed by atoms with Gasteiger partial charge in [0.1, 0.15) is 5.54 Å². The zero-order valence-corrected chi connectivity index (χ0v) is 17.0. The van der Waals surface area contributed by atoms with Crippen LogP contribution in [0.15, 0.2) is 54.6 Å². The van der Waals surface area contributed by atoms with Gasteiger partial charge >= 0.3 is 0 Å². The number of benzene rings is 2. The van der Waals surface area contributed by atoms with Gasteiger partial charge in [-0.15, -0.1) is 0 Å². The van der Waals surface area contributed by atoms with Crippen molar-refractivity contribution in [2.24, 2.45) is 0 Å². The molecule has 2 aromatic rings. The molecule has 1 saturated heterocycles. The molecule has 6 heteroatoms. The number of nitrogens with zero attached hydrogens (tertiary/aromatic N) is 2. The van der Waals surface area contributed by atoms with Crippen LogP contribution < -0.4 is 10.2 Å². The third-order valence-corrected chi connectivity index (χ3v) is 6.60. The SMILES string of the molecule is O=C(CN1CCO[C@@H](c2ccccc2)C1)N1c2ccccc2NC(=O)C12CCCC2. The van der Waals surface area contributed by atoms with E-state index in [2.05, 4.69) is 22.3 Å². The topological polar surface area (TPSA) is 61.9 Å². The van der Waals surface area contributed by atoms with Gasteiger partial charge in [0.2, 0.25) is 5.91 Å². The molecular formula is C24H27N3O3. The number of carbonyl (C=O) groups is 2. The molecule has 1 atom stereocenters. The summed E-state index contributed by atoms with van der Waals surface area (Å²) in [6.07, 6.45) is 3.33. The quantitative estimate of drug-likeness (QED) is 0.851. The van der Waals surface area contributed by atoms with E-state index in [1.165, 1.54) is 0 Å².